The van der Waals surface area contributed by atoms with Gasteiger partial charge in [0.05, 0.1) is 0 Å². The molecular weight excluding hydrogens is 210 g/mol. The first kappa shape index (κ1) is 12.1. The van der Waals surface area contributed by atoms with Crippen LogP contribution in [0, 0.1) is 5.41 Å². The van der Waals surface area contributed by atoms with Crippen molar-refractivity contribution in [3.05, 3.63) is 0 Å². The summed E-state index contributed by atoms with van der Waals surface area (Å²) in [6.07, 6.45) is 1.50. The molecule has 1 spiro atoms. The molecule has 1 unspecified atom stereocenters. The Morgan fingerprint density at radius 3 is 2.21 bits per heavy atom. The van der Waals surface area contributed by atoms with E-state index in [-0.39, 0.29) is 36.7 Å². The van der Waals surface area contributed by atoms with Crippen LogP contribution in [0.15, 0.2) is 0 Å². The molecule has 1 aliphatic heterocycles. The van der Waals surface area contributed by atoms with Crippen LogP contribution in [0.1, 0.15) is 25.7 Å². The van der Waals surface area contributed by atoms with Crippen molar-refractivity contribution in [1.82, 2.24) is 5.32 Å². The molecule has 1 saturated heterocycles. The maximum atomic E-state index is 13.1. The summed E-state index contributed by atoms with van der Waals surface area (Å²) in [5.41, 5.74) is 5.54. The van der Waals surface area contributed by atoms with E-state index in [4.69, 9.17) is 5.73 Å². The molecule has 1 aliphatic carbocycles. The van der Waals surface area contributed by atoms with Gasteiger partial charge in [0.15, 0.2) is 0 Å². The highest BCUT2D eigenvalue weighted by molar-refractivity contribution is 5.85. The zero-order valence-electron chi connectivity index (χ0n) is 8.06. The van der Waals surface area contributed by atoms with E-state index in [2.05, 4.69) is 5.32 Å². The fourth-order valence-corrected chi connectivity index (χ4v) is 2.73. The Kier molecular flexibility index (Phi) is 3.39. The Balaban J connectivity index is 0.000000980. The van der Waals surface area contributed by atoms with Crippen molar-refractivity contribution in [3.63, 3.8) is 0 Å². The van der Waals surface area contributed by atoms with Gasteiger partial charge >= 0.3 is 0 Å². The van der Waals surface area contributed by atoms with Crippen molar-refractivity contribution < 1.29 is 8.78 Å². The summed E-state index contributed by atoms with van der Waals surface area (Å²) in [6.45, 7) is 1.67. The Bertz CT molecular complexity index is 205. The summed E-state index contributed by atoms with van der Waals surface area (Å²) in [5, 5.41) is 3.18. The van der Waals surface area contributed by atoms with Gasteiger partial charge < -0.3 is 11.1 Å². The number of alkyl halides is 2. The van der Waals surface area contributed by atoms with Gasteiger partial charge in [-0.05, 0) is 31.3 Å². The number of nitrogens with one attached hydrogen (secondary N) is 1. The van der Waals surface area contributed by atoms with Gasteiger partial charge in [0.2, 0.25) is 5.92 Å². The predicted octanol–water partition coefficient (Wildman–Crippen LogP) is 1.53. The van der Waals surface area contributed by atoms with E-state index in [1.807, 2.05) is 0 Å². The minimum atomic E-state index is -2.52. The maximum absolute atomic E-state index is 13.1. The van der Waals surface area contributed by atoms with E-state index in [1.165, 1.54) is 0 Å². The van der Waals surface area contributed by atoms with Gasteiger partial charge in [0.1, 0.15) is 0 Å². The van der Waals surface area contributed by atoms with Crippen molar-refractivity contribution in [1.29, 1.82) is 0 Å². The SMILES string of the molecule is Cl.NC1CC(F)(F)CC12CCNCC2. The summed E-state index contributed by atoms with van der Waals surface area (Å²) < 4.78 is 26.2. The fraction of sp³-hybridized carbons (Fsp3) is 1.00. The molecule has 14 heavy (non-hydrogen) atoms. The Morgan fingerprint density at radius 2 is 1.79 bits per heavy atom. The summed E-state index contributed by atoms with van der Waals surface area (Å²) in [5.74, 6) is -2.52. The molecule has 0 bridgehead atoms. The predicted molar refractivity (Wildman–Crippen MR) is 53.9 cm³/mol. The van der Waals surface area contributed by atoms with Crippen LogP contribution < -0.4 is 11.1 Å². The highest BCUT2D eigenvalue weighted by atomic mass is 35.5. The van der Waals surface area contributed by atoms with Gasteiger partial charge in [-0.2, -0.15) is 0 Å². The minimum Gasteiger partial charge on any atom is -0.327 e. The molecule has 1 saturated carbocycles. The lowest BCUT2D eigenvalue weighted by Gasteiger charge is -2.37. The molecule has 2 aliphatic rings. The summed E-state index contributed by atoms with van der Waals surface area (Å²) in [4.78, 5) is 0. The molecular formula is C9H17ClF2N2. The minimum absolute atomic E-state index is 0. The van der Waals surface area contributed by atoms with Crippen LogP contribution in [0.2, 0.25) is 0 Å². The summed E-state index contributed by atoms with van der Waals surface area (Å²) >= 11 is 0. The standard InChI is InChI=1S/C9H16F2N2.ClH/c10-9(11)5-7(12)8(6-9)1-3-13-4-2-8;/h7,13H,1-6,12H2;1H. The zero-order valence-corrected chi connectivity index (χ0v) is 8.88. The van der Waals surface area contributed by atoms with Crippen LogP contribution >= 0.6 is 12.4 Å². The second kappa shape index (κ2) is 3.91. The zero-order chi connectivity index (χ0) is 9.53. The van der Waals surface area contributed by atoms with Crippen LogP contribution in [0.25, 0.3) is 0 Å². The number of hydrogen-bond donors (Lipinski definition) is 2. The lowest BCUT2D eigenvalue weighted by molar-refractivity contribution is -0.00756. The molecule has 5 heteroatoms. The van der Waals surface area contributed by atoms with Crippen LogP contribution in [0.4, 0.5) is 8.78 Å². The van der Waals surface area contributed by atoms with E-state index >= 15 is 0 Å². The lowest BCUT2D eigenvalue weighted by Crippen LogP contribution is -2.45. The Morgan fingerprint density at radius 1 is 1.21 bits per heavy atom. The average molecular weight is 227 g/mol. The topological polar surface area (TPSA) is 38.0 Å². The van der Waals surface area contributed by atoms with Crippen LogP contribution in [-0.4, -0.2) is 25.1 Å². The molecule has 2 nitrogen and oxygen atoms in total. The highest BCUT2D eigenvalue weighted by Crippen LogP contribution is 2.51. The third kappa shape index (κ3) is 2.02. The molecule has 3 N–H and O–H groups in total. The van der Waals surface area contributed by atoms with Crippen LogP contribution in [-0.2, 0) is 0 Å². The lowest BCUT2D eigenvalue weighted by atomic mass is 9.75. The third-order valence-electron chi connectivity index (χ3n) is 3.52. The van der Waals surface area contributed by atoms with E-state index < -0.39 is 5.92 Å². The monoisotopic (exact) mass is 226 g/mol. The number of nitrogens with two attached hydrogens (primary N) is 1. The van der Waals surface area contributed by atoms with E-state index in [0.717, 1.165) is 25.9 Å². The normalized spacial score (nSPS) is 34.1. The van der Waals surface area contributed by atoms with E-state index in [0.29, 0.717) is 0 Å². The number of piperidine rings is 1. The van der Waals surface area contributed by atoms with Crippen molar-refractivity contribution in [2.45, 2.75) is 37.6 Å². The molecule has 0 radical (unpaired) electrons. The molecule has 1 atom stereocenters. The number of hydrogen-bond acceptors (Lipinski definition) is 2. The first-order valence-electron chi connectivity index (χ1n) is 4.88. The highest BCUT2D eigenvalue weighted by Gasteiger charge is 2.54. The molecule has 2 rings (SSSR count). The molecule has 0 aromatic rings. The quantitative estimate of drug-likeness (QED) is 0.658. The second-order valence-corrected chi connectivity index (χ2v) is 4.46. The van der Waals surface area contributed by atoms with Crippen molar-refractivity contribution in [2.75, 3.05) is 13.1 Å². The Hall–Kier alpha value is 0.0700. The Labute approximate surface area is 89.0 Å². The van der Waals surface area contributed by atoms with Crippen LogP contribution in [0.5, 0.6) is 0 Å². The molecule has 0 amide bonds. The smallest absolute Gasteiger partial charge is 0.250 e. The van der Waals surface area contributed by atoms with Gasteiger partial charge in [-0.25, -0.2) is 8.78 Å². The van der Waals surface area contributed by atoms with E-state index in [9.17, 15) is 8.78 Å². The largest absolute Gasteiger partial charge is 0.327 e. The number of rotatable bonds is 0. The van der Waals surface area contributed by atoms with Gasteiger partial charge in [-0.15, -0.1) is 12.4 Å². The first-order valence-corrected chi connectivity index (χ1v) is 4.88. The van der Waals surface area contributed by atoms with Crippen molar-refractivity contribution in [3.8, 4) is 0 Å². The first-order chi connectivity index (χ1) is 6.04. The maximum Gasteiger partial charge on any atom is 0.250 e. The van der Waals surface area contributed by atoms with Crippen molar-refractivity contribution >= 4 is 12.4 Å². The number of halogens is 3. The molecule has 0 aromatic heterocycles. The van der Waals surface area contributed by atoms with Gasteiger partial charge in [-0.3, -0.25) is 0 Å². The van der Waals surface area contributed by atoms with Crippen molar-refractivity contribution in [2.24, 2.45) is 11.1 Å². The van der Waals surface area contributed by atoms with Gasteiger partial charge in [0, 0.05) is 18.9 Å². The average Bonchev–Trinajstić information content (AvgIpc) is 2.23. The van der Waals surface area contributed by atoms with E-state index in [1.54, 1.807) is 0 Å². The summed E-state index contributed by atoms with van der Waals surface area (Å²) in [7, 11) is 0. The molecule has 84 valence electrons. The van der Waals surface area contributed by atoms with Gasteiger partial charge in [-0.1, -0.05) is 0 Å². The van der Waals surface area contributed by atoms with Gasteiger partial charge in [0.25, 0.3) is 0 Å². The second-order valence-electron chi connectivity index (χ2n) is 4.46. The summed E-state index contributed by atoms with van der Waals surface area (Å²) in [6, 6.07) is -0.301. The molecule has 0 aromatic carbocycles. The third-order valence-corrected chi connectivity index (χ3v) is 3.52. The fourth-order valence-electron chi connectivity index (χ4n) is 2.73. The molecule has 2 fully saturated rings. The van der Waals surface area contributed by atoms with Crippen LogP contribution in [0.3, 0.4) is 0 Å². The molecule has 1 heterocycles.